The first-order valence-electron chi connectivity index (χ1n) is 10.4. The molecule has 1 heterocycles. The first-order valence-corrected chi connectivity index (χ1v) is 11.2. The van der Waals surface area contributed by atoms with Crippen LogP contribution in [0.5, 0.6) is 5.75 Å². The van der Waals surface area contributed by atoms with Gasteiger partial charge >= 0.3 is 12.0 Å². The lowest BCUT2D eigenvalue weighted by Crippen LogP contribution is -2.54. The van der Waals surface area contributed by atoms with Gasteiger partial charge < -0.3 is 9.47 Å². The molecule has 3 aromatic carbocycles. The number of carbonyl (C=O) groups excluding carboxylic acids is 4. The third-order valence-corrected chi connectivity index (χ3v) is 5.98. The molecule has 0 saturated carbocycles. The second-order valence-corrected chi connectivity index (χ2v) is 8.27. The van der Waals surface area contributed by atoms with Crippen LogP contribution in [0, 0.1) is 0 Å². The first kappa shape index (κ1) is 23.9. The van der Waals surface area contributed by atoms with Crippen LogP contribution in [0.2, 0.25) is 0 Å². The van der Waals surface area contributed by atoms with Gasteiger partial charge in [0.2, 0.25) is 0 Å². The molecule has 0 spiro atoms. The van der Waals surface area contributed by atoms with Gasteiger partial charge in [0, 0.05) is 15.6 Å². The number of halogens is 1. The van der Waals surface area contributed by atoms with E-state index in [0.29, 0.717) is 11.3 Å². The molecule has 9 heteroatoms. The van der Waals surface area contributed by atoms with Crippen molar-refractivity contribution in [2.45, 2.75) is 6.61 Å². The van der Waals surface area contributed by atoms with Gasteiger partial charge in [0.1, 0.15) is 17.9 Å². The normalized spacial score (nSPS) is 14.6. The number of nitrogens with zero attached hydrogens (tertiary/aromatic N) is 1. The fourth-order valence-electron chi connectivity index (χ4n) is 3.41. The van der Waals surface area contributed by atoms with Crippen LogP contribution < -0.4 is 15.0 Å². The molecule has 1 N–H and O–H groups in total. The van der Waals surface area contributed by atoms with Crippen molar-refractivity contribution in [2.75, 3.05) is 12.0 Å². The summed E-state index contributed by atoms with van der Waals surface area (Å²) in [4.78, 5) is 50.7. The van der Waals surface area contributed by atoms with Crippen molar-refractivity contribution in [2.24, 2.45) is 0 Å². The van der Waals surface area contributed by atoms with E-state index in [1.54, 1.807) is 24.3 Å². The Morgan fingerprint density at radius 3 is 2.37 bits per heavy atom. The number of para-hydroxylation sites is 1. The van der Waals surface area contributed by atoms with Crippen molar-refractivity contribution in [3.63, 3.8) is 0 Å². The van der Waals surface area contributed by atoms with Gasteiger partial charge in [0.25, 0.3) is 11.8 Å². The van der Waals surface area contributed by atoms with Crippen LogP contribution in [0.4, 0.5) is 10.5 Å². The highest BCUT2D eigenvalue weighted by Gasteiger charge is 2.37. The van der Waals surface area contributed by atoms with Crippen LogP contribution in [-0.4, -0.2) is 30.9 Å². The zero-order valence-electron chi connectivity index (χ0n) is 18.5. The minimum atomic E-state index is -0.888. The minimum Gasteiger partial charge on any atom is -0.488 e. The Balaban J connectivity index is 1.62. The third-order valence-electron chi connectivity index (χ3n) is 5.21. The van der Waals surface area contributed by atoms with E-state index in [1.165, 1.54) is 37.5 Å². The number of hydrogen-bond donors (Lipinski definition) is 1. The van der Waals surface area contributed by atoms with Gasteiger partial charge in [0.15, 0.2) is 0 Å². The standard InChI is InChI=1S/C26H19BrN2O6/c1-34-25(32)16-10-12-19(13-11-16)29-24(31)20(23(30)28-26(29)33)14-17-6-3-5-9-22(17)35-15-18-7-2-4-8-21(18)27/h2-14H,15H2,1H3,(H,28,30,33)/b20-14+. The van der Waals surface area contributed by atoms with E-state index >= 15 is 0 Å². The number of imide groups is 2. The van der Waals surface area contributed by atoms with Gasteiger partial charge in [-0.3, -0.25) is 14.9 Å². The number of benzene rings is 3. The number of amides is 4. The molecule has 1 fully saturated rings. The van der Waals surface area contributed by atoms with Gasteiger partial charge in [-0.1, -0.05) is 52.3 Å². The number of ether oxygens (including phenoxy) is 2. The SMILES string of the molecule is COC(=O)c1ccc(N2C(=O)NC(=O)/C(=C\c3ccccc3OCc3ccccc3Br)C2=O)cc1. The Labute approximate surface area is 209 Å². The average Bonchev–Trinajstić information content (AvgIpc) is 2.86. The molecule has 0 bridgehead atoms. The Morgan fingerprint density at radius 2 is 1.66 bits per heavy atom. The summed E-state index contributed by atoms with van der Waals surface area (Å²) in [5.41, 5.74) is 1.63. The number of barbiturate groups is 1. The van der Waals surface area contributed by atoms with E-state index in [1.807, 2.05) is 24.3 Å². The van der Waals surface area contributed by atoms with Crippen LogP contribution >= 0.6 is 15.9 Å². The van der Waals surface area contributed by atoms with Crippen molar-refractivity contribution < 1.29 is 28.7 Å². The number of hydrogen-bond acceptors (Lipinski definition) is 6. The lowest BCUT2D eigenvalue weighted by atomic mass is 10.1. The average molecular weight is 535 g/mol. The lowest BCUT2D eigenvalue weighted by Gasteiger charge is -2.26. The summed E-state index contributed by atoms with van der Waals surface area (Å²) < 4.78 is 11.5. The predicted molar refractivity (Wildman–Crippen MR) is 132 cm³/mol. The molecule has 1 aliphatic rings. The van der Waals surface area contributed by atoms with E-state index in [2.05, 4.69) is 26.0 Å². The van der Waals surface area contributed by atoms with Crippen LogP contribution in [0.25, 0.3) is 6.08 Å². The van der Waals surface area contributed by atoms with Crippen molar-refractivity contribution in [1.82, 2.24) is 5.32 Å². The Hall–Kier alpha value is -4.24. The van der Waals surface area contributed by atoms with Gasteiger partial charge in [-0.15, -0.1) is 0 Å². The number of carbonyl (C=O) groups is 4. The zero-order valence-corrected chi connectivity index (χ0v) is 20.1. The molecule has 0 aromatic heterocycles. The second kappa shape index (κ2) is 10.4. The summed E-state index contributed by atoms with van der Waals surface area (Å²) in [5, 5.41) is 2.18. The summed E-state index contributed by atoms with van der Waals surface area (Å²) in [6.45, 7) is 0.263. The summed E-state index contributed by atoms with van der Waals surface area (Å²) in [5.74, 6) is -1.71. The summed E-state index contributed by atoms with van der Waals surface area (Å²) >= 11 is 3.48. The van der Waals surface area contributed by atoms with Crippen molar-refractivity contribution >= 4 is 51.5 Å². The minimum absolute atomic E-state index is 0.192. The summed E-state index contributed by atoms with van der Waals surface area (Å²) in [6.07, 6.45) is 1.38. The predicted octanol–water partition coefficient (Wildman–Crippen LogP) is 4.48. The highest BCUT2D eigenvalue weighted by Crippen LogP contribution is 2.27. The van der Waals surface area contributed by atoms with E-state index in [4.69, 9.17) is 4.74 Å². The number of urea groups is 1. The van der Waals surface area contributed by atoms with E-state index in [-0.39, 0.29) is 23.4 Å². The lowest BCUT2D eigenvalue weighted by molar-refractivity contribution is -0.122. The van der Waals surface area contributed by atoms with E-state index < -0.39 is 23.8 Å². The fraction of sp³-hybridized carbons (Fsp3) is 0.0769. The maximum absolute atomic E-state index is 13.2. The number of nitrogens with one attached hydrogen (secondary N) is 1. The number of methoxy groups -OCH3 is 1. The summed E-state index contributed by atoms with van der Waals surface area (Å²) in [6, 6.07) is 19.4. The van der Waals surface area contributed by atoms with Crippen LogP contribution in [0.15, 0.2) is 82.8 Å². The monoisotopic (exact) mass is 534 g/mol. The molecule has 35 heavy (non-hydrogen) atoms. The molecule has 176 valence electrons. The summed E-state index contributed by atoms with van der Waals surface area (Å²) in [7, 11) is 1.25. The molecule has 1 aliphatic heterocycles. The number of anilines is 1. The van der Waals surface area contributed by atoms with Gasteiger partial charge in [-0.25, -0.2) is 14.5 Å². The van der Waals surface area contributed by atoms with Crippen LogP contribution in [0.3, 0.4) is 0 Å². The molecule has 3 aromatic rings. The quantitative estimate of drug-likeness (QED) is 0.284. The van der Waals surface area contributed by atoms with E-state index in [9.17, 15) is 19.2 Å². The van der Waals surface area contributed by atoms with Crippen molar-refractivity contribution in [1.29, 1.82) is 0 Å². The second-order valence-electron chi connectivity index (χ2n) is 7.41. The fourth-order valence-corrected chi connectivity index (χ4v) is 3.81. The molecule has 4 amide bonds. The molecule has 0 atom stereocenters. The molecular formula is C26H19BrN2O6. The highest BCUT2D eigenvalue weighted by molar-refractivity contribution is 9.10. The Bertz CT molecular complexity index is 1350. The van der Waals surface area contributed by atoms with Gasteiger partial charge in [-0.05, 0) is 42.5 Å². The van der Waals surface area contributed by atoms with Crippen LogP contribution in [0.1, 0.15) is 21.5 Å². The Kier molecular flexibility index (Phi) is 7.07. The molecule has 8 nitrogen and oxygen atoms in total. The van der Waals surface area contributed by atoms with Crippen molar-refractivity contribution in [3.8, 4) is 5.75 Å². The topological polar surface area (TPSA) is 102 Å². The Morgan fingerprint density at radius 1 is 0.971 bits per heavy atom. The van der Waals surface area contributed by atoms with E-state index in [0.717, 1.165) is 14.9 Å². The van der Waals surface area contributed by atoms with Gasteiger partial charge in [0.05, 0.1) is 18.4 Å². The zero-order chi connectivity index (χ0) is 24.9. The molecule has 4 rings (SSSR count). The third kappa shape index (κ3) is 5.15. The molecule has 0 radical (unpaired) electrons. The van der Waals surface area contributed by atoms with Gasteiger partial charge in [-0.2, -0.15) is 0 Å². The maximum atomic E-state index is 13.2. The van der Waals surface area contributed by atoms with Crippen molar-refractivity contribution in [3.05, 3.63) is 99.5 Å². The first-order chi connectivity index (χ1) is 16.9. The smallest absolute Gasteiger partial charge is 0.337 e. The highest BCUT2D eigenvalue weighted by atomic mass is 79.9. The molecule has 0 aliphatic carbocycles. The number of esters is 1. The molecular weight excluding hydrogens is 516 g/mol. The largest absolute Gasteiger partial charge is 0.488 e. The molecule has 1 saturated heterocycles. The number of rotatable bonds is 6. The maximum Gasteiger partial charge on any atom is 0.337 e. The van der Waals surface area contributed by atoms with Crippen LogP contribution in [-0.2, 0) is 20.9 Å². The molecule has 0 unspecified atom stereocenters.